The molecule has 1 N–H and O–H groups in total. The maximum atomic E-state index is 12.8. The first-order valence-corrected chi connectivity index (χ1v) is 7.48. The van der Waals surface area contributed by atoms with E-state index in [1.54, 1.807) is 36.4 Å². The van der Waals surface area contributed by atoms with Crippen molar-refractivity contribution in [2.75, 3.05) is 0 Å². The third-order valence-electron chi connectivity index (χ3n) is 3.93. The zero-order valence-corrected chi connectivity index (χ0v) is 13.0. The number of phenols is 1. The summed E-state index contributed by atoms with van der Waals surface area (Å²) < 4.78 is 5.27. The number of carbonyl (C=O) groups is 1. The number of para-hydroxylation sites is 1. The number of rotatable bonds is 4. The first kappa shape index (κ1) is 15.8. The predicted molar refractivity (Wildman–Crippen MR) is 87.2 cm³/mol. The van der Waals surface area contributed by atoms with Crippen molar-refractivity contribution >= 4 is 16.8 Å². The van der Waals surface area contributed by atoms with Gasteiger partial charge in [-0.2, -0.15) is 0 Å². The lowest BCUT2D eigenvalue weighted by atomic mass is 9.87. The van der Waals surface area contributed by atoms with Gasteiger partial charge in [0.1, 0.15) is 17.1 Å². The molecule has 0 saturated heterocycles. The molecule has 122 valence electrons. The number of fused-ring (bicyclic) bond motifs is 1. The third-order valence-corrected chi connectivity index (χ3v) is 3.93. The van der Waals surface area contributed by atoms with E-state index in [0.29, 0.717) is 10.9 Å². The van der Waals surface area contributed by atoms with Crippen molar-refractivity contribution in [1.29, 1.82) is 0 Å². The van der Waals surface area contributed by atoms with E-state index in [1.807, 2.05) is 0 Å². The lowest BCUT2D eigenvalue weighted by molar-refractivity contribution is -0.267. The number of hydrogen-bond donors (Lipinski definition) is 1. The van der Waals surface area contributed by atoms with Gasteiger partial charge in [0.15, 0.2) is 0 Å². The molecule has 5 heteroatoms. The molecule has 1 aromatic heterocycles. The Morgan fingerprint density at radius 1 is 1.17 bits per heavy atom. The number of aromatic hydroxyl groups is 1. The summed E-state index contributed by atoms with van der Waals surface area (Å²) in [5, 5.41) is 22.5. The van der Waals surface area contributed by atoms with E-state index in [-0.39, 0.29) is 29.1 Å². The largest absolute Gasteiger partial charge is 0.872 e. The summed E-state index contributed by atoms with van der Waals surface area (Å²) in [6.07, 6.45) is 0.00309. The van der Waals surface area contributed by atoms with Gasteiger partial charge in [-0.05, 0) is 30.7 Å². The van der Waals surface area contributed by atoms with Gasteiger partial charge in [-0.15, -0.1) is 0 Å². The number of phenolic OH excluding ortho intramolecular Hbond substituents is 1. The Kier molecular flexibility index (Phi) is 4.08. The van der Waals surface area contributed by atoms with E-state index < -0.39 is 17.3 Å². The van der Waals surface area contributed by atoms with Crippen LogP contribution < -0.4 is 10.7 Å². The van der Waals surface area contributed by atoms with Crippen molar-refractivity contribution in [1.82, 2.24) is 0 Å². The van der Waals surface area contributed by atoms with Crippen LogP contribution in [0.2, 0.25) is 0 Å². The molecule has 0 bridgehead atoms. The highest BCUT2D eigenvalue weighted by Crippen LogP contribution is 2.35. The summed E-state index contributed by atoms with van der Waals surface area (Å²) >= 11 is 0. The predicted octanol–water partition coefficient (Wildman–Crippen LogP) is 2.68. The van der Waals surface area contributed by atoms with Crippen LogP contribution in [-0.4, -0.2) is 10.9 Å². The fourth-order valence-electron chi connectivity index (χ4n) is 2.82. The Hall–Kier alpha value is -3.08. The van der Waals surface area contributed by atoms with Crippen LogP contribution in [0, 0.1) is 0 Å². The molecule has 1 unspecified atom stereocenters. The second kappa shape index (κ2) is 6.20. The van der Waals surface area contributed by atoms with Crippen LogP contribution in [0.1, 0.15) is 30.4 Å². The molecular formula is C19H15O5-. The van der Waals surface area contributed by atoms with Gasteiger partial charge in [0.25, 0.3) is 0 Å². The average Bonchev–Trinajstić information content (AvgIpc) is 2.54. The van der Waals surface area contributed by atoms with Crippen molar-refractivity contribution in [3.63, 3.8) is 0 Å². The number of hydrogen-bond acceptors (Lipinski definition) is 5. The van der Waals surface area contributed by atoms with Crippen molar-refractivity contribution < 1.29 is 19.4 Å². The van der Waals surface area contributed by atoms with Crippen LogP contribution in [0.4, 0.5) is 0 Å². The topological polar surface area (TPSA) is 90.6 Å². The molecule has 3 aromatic rings. The standard InChI is InChI=1S/C19H16O5/c1-11(20)10-15(12-6-8-13(21)9-7-12)17-18(22)14-4-2-3-5-16(14)24-19(17)23/h2-9,15,21-22H,10H2,1H3/p-1. The minimum Gasteiger partial charge on any atom is -0.872 e. The summed E-state index contributed by atoms with van der Waals surface area (Å²) in [5.41, 5.74) is 0.0267. The molecule has 24 heavy (non-hydrogen) atoms. The molecule has 0 fully saturated rings. The molecule has 0 aliphatic heterocycles. The van der Waals surface area contributed by atoms with Gasteiger partial charge < -0.3 is 14.6 Å². The Morgan fingerprint density at radius 2 is 1.83 bits per heavy atom. The molecule has 0 saturated carbocycles. The summed E-state index contributed by atoms with van der Waals surface area (Å²) in [5.74, 6) is -1.23. The van der Waals surface area contributed by atoms with Crippen molar-refractivity contribution in [3.8, 4) is 11.5 Å². The van der Waals surface area contributed by atoms with Crippen molar-refractivity contribution in [2.24, 2.45) is 0 Å². The number of carbonyl (C=O) groups excluding carboxylic acids is 1. The monoisotopic (exact) mass is 323 g/mol. The quantitative estimate of drug-likeness (QED) is 0.745. The van der Waals surface area contributed by atoms with Crippen LogP contribution in [0.5, 0.6) is 11.5 Å². The normalized spacial score (nSPS) is 12.2. The molecular weight excluding hydrogens is 308 g/mol. The SMILES string of the molecule is CC(=O)CC(c1ccc(O)cc1)c1c([O-])c2ccccc2oc1=O. The van der Waals surface area contributed by atoms with Crippen LogP contribution in [-0.2, 0) is 4.79 Å². The van der Waals surface area contributed by atoms with Crippen LogP contribution >= 0.6 is 0 Å². The van der Waals surface area contributed by atoms with E-state index in [0.717, 1.165) is 0 Å². The van der Waals surface area contributed by atoms with Crippen LogP contribution in [0.15, 0.2) is 57.7 Å². The molecule has 1 heterocycles. The molecule has 3 rings (SSSR count). The molecule has 2 aromatic carbocycles. The fourth-order valence-corrected chi connectivity index (χ4v) is 2.82. The zero-order chi connectivity index (χ0) is 17.3. The lowest BCUT2D eigenvalue weighted by Gasteiger charge is -2.22. The second-order valence-electron chi connectivity index (χ2n) is 5.68. The average molecular weight is 323 g/mol. The summed E-state index contributed by atoms with van der Waals surface area (Å²) in [6.45, 7) is 1.40. The van der Waals surface area contributed by atoms with Gasteiger partial charge in [-0.3, -0.25) is 4.79 Å². The van der Waals surface area contributed by atoms with Gasteiger partial charge >= 0.3 is 5.63 Å². The van der Waals surface area contributed by atoms with E-state index in [4.69, 9.17) is 4.42 Å². The van der Waals surface area contributed by atoms with Gasteiger partial charge in [-0.1, -0.05) is 36.1 Å². The molecule has 0 aliphatic rings. The van der Waals surface area contributed by atoms with Gasteiger partial charge in [0, 0.05) is 23.3 Å². The fraction of sp³-hybridized carbons (Fsp3) is 0.158. The van der Waals surface area contributed by atoms with E-state index >= 15 is 0 Å². The Labute approximate surface area is 137 Å². The first-order valence-electron chi connectivity index (χ1n) is 7.48. The highest BCUT2D eigenvalue weighted by Gasteiger charge is 2.22. The van der Waals surface area contributed by atoms with Gasteiger partial charge in [0.2, 0.25) is 0 Å². The van der Waals surface area contributed by atoms with Crippen LogP contribution in [0.25, 0.3) is 11.0 Å². The minimum absolute atomic E-state index is 0.00309. The smallest absolute Gasteiger partial charge is 0.339 e. The summed E-state index contributed by atoms with van der Waals surface area (Å²) in [6, 6.07) is 12.6. The first-order chi connectivity index (χ1) is 11.5. The third kappa shape index (κ3) is 2.88. The molecule has 0 amide bonds. The maximum absolute atomic E-state index is 12.8. The molecule has 5 nitrogen and oxygen atoms in total. The molecule has 1 atom stereocenters. The number of benzene rings is 2. The second-order valence-corrected chi connectivity index (χ2v) is 5.68. The van der Waals surface area contributed by atoms with Gasteiger partial charge in [-0.25, -0.2) is 4.79 Å². The summed E-state index contributed by atoms with van der Waals surface area (Å²) in [4.78, 5) is 24.1. The lowest BCUT2D eigenvalue weighted by Crippen LogP contribution is -2.19. The number of Topliss-reactive ketones (excluding diaryl/α,β-unsaturated/α-hetero) is 1. The molecule has 0 aliphatic carbocycles. The highest BCUT2D eigenvalue weighted by atomic mass is 16.4. The maximum Gasteiger partial charge on any atom is 0.339 e. The van der Waals surface area contributed by atoms with E-state index in [9.17, 15) is 19.8 Å². The van der Waals surface area contributed by atoms with Crippen molar-refractivity contribution in [2.45, 2.75) is 19.3 Å². The Bertz CT molecular complexity index is 954. The van der Waals surface area contributed by atoms with Gasteiger partial charge in [0.05, 0.1) is 0 Å². The minimum atomic E-state index is -0.738. The van der Waals surface area contributed by atoms with E-state index in [1.165, 1.54) is 19.1 Å². The molecule has 0 spiro atoms. The summed E-state index contributed by atoms with van der Waals surface area (Å²) in [7, 11) is 0. The highest BCUT2D eigenvalue weighted by molar-refractivity contribution is 5.84. The number of ketones is 1. The molecule has 0 radical (unpaired) electrons. The van der Waals surface area contributed by atoms with Crippen LogP contribution in [0.3, 0.4) is 0 Å². The zero-order valence-electron chi connectivity index (χ0n) is 13.0. The van der Waals surface area contributed by atoms with E-state index in [2.05, 4.69) is 0 Å². The Balaban J connectivity index is 2.24. The Morgan fingerprint density at radius 3 is 2.50 bits per heavy atom. The van der Waals surface area contributed by atoms with Crippen molar-refractivity contribution in [3.05, 3.63) is 70.1 Å².